The summed E-state index contributed by atoms with van der Waals surface area (Å²) in [4.78, 5) is 7.23. The lowest BCUT2D eigenvalue weighted by molar-refractivity contribution is -0.924. The van der Waals surface area contributed by atoms with Gasteiger partial charge in [-0.15, -0.1) is 11.8 Å². The summed E-state index contributed by atoms with van der Waals surface area (Å²) in [5, 5.41) is 16.4. The van der Waals surface area contributed by atoms with Crippen LogP contribution in [-0.2, 0) is 12.1 Å². The summed E-state index contributed by atoms with van der Waals surface area (Å²) in [5.74, 6) is 3.12. The summed E-state index contributed by atoms with van der Waals surface area (Å²) in [6.45, 7) is 5.04. The molecule has 7 heteroatoms. The van der Waals surface area contributed by atoms with Gasteiger partial charge < -0.3 is 14.5 Å². The number of likely N-dealkylation sites (tertiary alicyclic amines) is 1. The van der Waals surface area contributed by atoms with E-state index in [4.69, 9.17) is 9.51 Å². The van der Waals surface area contributed by atoms with Crippen LogP contribution in [0.1, 0.15) is 69.1 Å². The average Bonchev–Trinajstić information content (AvgIpc) is 3.41. The SMILES string of the molecule is CCC1CC[NH+](Cc2nc(C(O)(c3ccccc3)C3CCCCC3)no2)C[C@H]1CSc1cccc(F)c1. The molecule has 4 atom stereocenters. The molecule has 3 aromatic rings. The van der Waals surface area contributed by atoms with Crippen molar-refractivity contribution in [3.05, 3.63) is 77.7 Å². The first-order chi connectivity index (χ1) is 18.1. The van der Waals surface area contributed by atoms with Crippen molar-refractivity contribution < 1.29 is 18.9 Å². The lowest BCUT2D eigenvalue weighted by Crippen LogP contribution is -3.12. The number of hydrogen-bond donors (Lipinski definition) is 2. The van der Waals surface area contributed by atoms with Gasteiger partial charge in [0, 0.05) is 16.6 Å². The molecule has 1 saturated heterocycles. The summed E-state index contributed by atoms with van der Waals surface area (Å²) >= 11 is 1.75. The maximum absolute atomic E-state index is 13.6. The van der Waals surface area contributed by atoms with Crippen molar-refractivity contribution in [3.63, 3.8) is 0 Å². The van der Waals surface area contributed by atoms with Gasteiger partial charge in [-0.3, -0.25) is 0 Å². The van der Waals surface area contributed by atoms with E-state index in [1.54, 1.807) is 23.9 Å². The van der Waals surface area contributed by atoms with Crippen molar-refractivity contribution in [1.29, 1.82) is 0 Å². The molecular formula is C30H39FN3O2S+. The normalized spacial score (nSPS) is 24.6. The summed E-state index contributed by atoms with van der Waals surface area (Å²) in [5.41, 5.74) is -0.377. The smallest absolute Gasteiger partial charge is 0.281 e. The Bertz CT molecular complexity index is 1140. The Morgan fingerprint density at radius 1 is 1.05 bits per heavy atom. The average molecular weight is 525 g/mol. The number of piperidine rings is 1. The van der Waals surface area contributed by atoms with Crippen LogP contribution >= 0.6 is 11.8 Å². The molecule has 0 radical (unpaired) electrons. The van der Waals surface area contributed by atoms with Crippen LogP contribution in [0.25, 0.3) is 0 Å². The number of aliphatic hydroxyl groups is 1. The molecule has 2 aliphatic rings. The van der Waals surface area contributed by atoms with Crippen LogP contribution in [0.3, 0.4) is 0 Å². The largest absolute Gasteiger partial charge is 0.377 e. The Morgan fingerprint density at radius 3 is 2.62 bits per heavy atom. The topological polar surface area (TPSA) is 63.6 Å². The third-order valence-electron chi connectivity index (χ3n) is 8.49. The van der Waals surface area contributed by atoms with E-state index in [2.05, 4.69) is 12.1 Å². The van der Waals surface area contributed by atoms with Crippen LogP contribution in [-0.4, -0.2) is 34.1 Å². The fraction of sp³-hybridized carbons (Fsp3) is 0.533. The minimum Gasteiger partial charge on any atom is -0.377 e. The lowest BCUT2D eigenvalue weighted by Gasteiger charge is -2.36. The maximum atomic E-state index is 13.6. The number of nitrogens with one attached hydrogen (secondary N) is 1. The van der Waals surface area contributed by atoms with Crippen molar-refractivity contribution in [1.82, 2.24) is 10.1 Å². The first kappa shape index (κ1) is 26.4. The highest BCUT2D eigenvalue weighted by molar-refractivity contribution is 7.99. The second kappa shape index (κ2) is 12.1. The molecule has 2 heterocycles. The highest BCUT2D eigenvalue weighted by Crippen LogP contribution is 2.42. The summed E-state index contributed by atoms with van der Waals surface area (Å²) in [7, 11) is 0. The van der Waals surface area contributed by atoms with E-state index in [0.29, 0.717) is 30.1 Å². The van der Waals surface area contributed by atoms with Crippen molar-refractivity contribution in [3.8, 4) is 0 Å². The number of quaternary nitrogens is 1. The highest BCUT2D eigenvalue weighted by Gasteiger charge is 2.45. The predicted molar refractivity (Wildman–Crippen MR) is 144 cm³/mol. The minimum atomic E-state index is -1.22. The molecule has 0 amide bonds. The van der Waals surface area contributed by atoms with Crippen LogP contribution < -0.4 is 4.90 Å². The third-order valence-corrected chi connectivity index (χ3v) is 9.67. The van der Waals surface area contributed by atoms with E-state index >= 15 is 0 Å². The molecule has 1 aliphatic carbocycles. The minimum absolute atomic E-state index is 0.0889. The van der Waals surface area contributed by atoms with Crippen molar-refractivity contribution in [2.24, 2.45) is 17.8 Å². The zero-order valence-corrected chi connectivity index (χ0v) is 22.6. The van der Waals surface area contributed by atoms with Gasteiger partial charge in [-0.1, -0.05) is 74.2 Å². The summed E-state index contributed by atoms with van der Waals surface area (Å²) in [6.07, 6.45) is 7.72. The second-order valence-corrected chi connectivity index (χ2v) is 11.9. The number of hydrogen-bond acceptors (Lipinski definition) is 5. The van der Waals surface area contributed by atoms with E-state index in [-0.39, 0.29) is 11.7 Å². The molecule has 2 aromatic carbocycles. The first-order valence-electron chi connectivity index (χ1n) is 13.9. The van der Waals surface area contributed by atoms with E-state index in [1.165, 1.54) is 17.4 Å². The Hall–Kier alpha value is -2.22. The van der Waals surface area contributed by atoms with Crippen molar-refractivity contribution >= 4 is 11.8 Å². The molecule has 198 valence electrons. The molecule has 5 nitrogen and oxygen atoms in total. The number of halogens is 1. The van der Waals surface area contributed by atoms with Crippen molar-refractivity contribution in [2.75, 3.05) is 18.8 Å². The predicted octanol–water partition coefficient (Wildman–Crippen LogP) is 5.25. The quantitative estimate of drug-likeness (QED) is 0.375. The molecule has 1 aliphatic heterocycles. The van der Waals surface area contributed by atoms with Gasteiger partial charge in [0.25, 0.3) is 5.89 Å². The van der Waals surface area contributed by atoms with Crippen LogP contribution in [0.2, 0.25) is 0 Å². The molecule has 1 saturated carbocycles. The summed E-state index contributed by atoms with van der Waals surface area (Å²) < 4.78 is 19.4. The second-order valence-electron chi connectivity index (χ2n) is 10.8. The van der Waals surface area contributed by atoms with Crippen molar-refractivity contribution in [2.45, 2.75) is 68.9 Å². The highest BCUT2D eigenvalue weighted by atomic mass is 32.2. The van der Waals surface area contributed by atoms with Gasteiger partial charge in [0.1, 0.15) is 5.82 Å². The number of rotatable bonds is 9. The Balaban J connectivity index is 1.28. The molecule has 37 heavy (non-hydrogen) atoms. The number of aromatic nitrogens is 2. The molecule has 1 aromatic heterocycles. The van der Waals surface area contributed by atoms with Gasteiger partial charge in [-0.25, -0.2) is 4.39 Å². The Kier molecular flexibility index (Phi) is 8.63. The Labute approximate surface area is 223 Å². The fourth-order valence-electron chi connectivity index (χ4n) is 6.37. The molecule has 0 spiro atoms. The molecule has 5 rings (SSSR count). The number of benzene rings is 2. The first-order valence-corrected chi connectivity index (χ1v) is 14.9. The molecular weight excluding hydrogens is 485 g/mol. The molecule has 3 unspecified atom stereocenters. The van der Waals surface area contributed by atoms with Gasteiger partial charge in [-0.2, -0.15) is 4.98 Å². The van der Waals surface area contributed by atoms with E-state index in [0.717, 1.165) is 67.8 Å². The Morgan fingerprint density at radius 2 is 1.86 bits per heavy atom. The van der Waals surface area contributed by atoms with Crippen LogP contribution in [0, 0.1) is 23.6 Å². The van der Waals surface area contributed by atoms with Gasteiger partial charge in [0.05, 0.1) is 13.1 Å². The monoisotopic (exact) mass is 524 g/mol. The van der Waals surface area contributed by atoms with Crippen LogP contribution in [0.15, 0.2) is 64.0 Å². The number of thioether (sulfide) groups is 1. The van der Waals surface area contributed by atoms with Gasteiger partial charge in [0.15, 0.2) is 12.1 Å². The van der Waals surface area contributed by atoms with Gasteiger partial charge in [0.2, 0.25) is 5.82 Å². The van der Waals surface area contributed by atoms with Crippen LogP contribution in [0.4, 0.5) is 4.39 Å². The zero-order valence-electron chi connectivity index (χ0n) is 21.7. The molecule has 2 N–H and O–H groups in total. The van der Waals surface area contributed by atoms with Gasteiger partial charge in [-0.05, 0) is 54.9 Å². The van der Waals surface area contributed by atoms with E-state index in [1.807, 2.05) is 36.4 Å². The number of nitrogens with zero attached hydrogens (tertiary/aromatic N) is 2. The summed E-state index contributed by atoms with van der Waals surface area (Å²) in [6, 6.07) is 16.8. The standard InChI is InChI=1S/C30H38FN3O2S/c1-2-22-16-17-34(19-23(22)21-37-27-15-9-14-26(31)18-27)20-28-32-29(33-36-28)30(35,24-10-5-3-6-11-24)25-12-7-4-8-13-25/h3,5-6,9-11,14-15,18,22-23,25,35H,2,4,7-8,12-13,16-17,19-21H2,1H3/p+1/t22?,23-,30?/m0/s1. The van der Waals surface area contributed by atoms with Crippen LogP contribution in [0.5, 0.6) is 0 Å². The fourth-order valence-corrected chi connectivity index (χ4v) is 7.54. The van der Waals surface area contributed by atoms with E-state index in [9.17, 15) is 9.50 Å². The third kappa shape index (κ3) is 6.10. The van der Waals surface area contributed by atoms with E-state index < -0.39 is 5.60 Å². The maximum Gasteiger partial charge on any atom is 0.281 e. The zero-order chi connectivity index (χ0) is 25.7. The lowest BCUT2D eigenvalue weighted by atomic mass is 9.73. The van der Waals surface area contributed by atoms with Gasteiger partial charge >= 0.3 is 0 Å². The molecule has 2 fully saturated rings. The molecule has 0 bridgehead atoms.